The summed E-state index contributed by atoms with van der Waals surface area (Å²) in [5.41, 5.74) is 2.92. The van der Waals surface area contributed by atoms with E-state index in [1.807, 2.05) is 31.2 Å². The molecule has 0 spiro atoms. The van der Waals surface area contributed by atoms with Crippen LogP contribution in [0, 0.1) is 12.8 Å². The number of hydrogen-bond donors (Lipinski definition) is 1. The zero-order valence-electron chi connectivity index (χ0n) is 17.3. The van der Waals surface area contributed by atoms with Gasteiger partial charge < -0.3 is 5.32 Å². The van der Waals surface area contributed by atoms with Crippen LogP contribution < -0.4 is 5.32 Å². The van der Waals surface area contributed by atoms with Gasteiger partial charge in [0.05, 0.1) is 5.69 Å². The van der Waals surface area contributed by atoms with Crippen LogP contribution in [0.5, 0.6) is 0 Å². The van der Waals surface area contributed by atoms with Crippen LogP contribution in [0.1, 0.15) is 63.3 Å². The molecule has 0 saturated heterocycles. The number of allylic oxidation sites excluding steroid dienone is 1. The molecule has 150 valence electrons. The van der Waals surface area contributed by atoms with E-state index in [1.165, 1.54) is 25.7 Å². The van der Waals surface area contributed by atoms with Crippen LogP contribution in [-0.2, 0) is 4.79 Å². The second-order valence-corrected chi connectivity index (χ2v) is 7.56. The zero-order chi connectivity index (χ0) is 20.5. The Morgan fingerprint density at radius 2 is 1.89 bits per heavy atom. The molecular weight excluding hydrogens is 370 g/mol. The molecule has 2 aromatic rings. The topological polar surface area (TPSA) is 54.9 Å². The van der Waals surface area contributed by atoms with Gasteiger partial charge in [0.1, 0.15) is 0 Å². The molecule has 0 amide bonds. The molecule has 0 atom stereocenters. The normalized spacial score (nSPS) is 11.7. The molecule has 0 aliphatic carbocycles. The molecule has 0 fully saturated rings. The average molecular weight is 400 g/mol. The summed E-state index contributed by atoms with van der Waals surface area (Å²) in [7, 11) is 0. The maximum absolute atomic E-state index is 12.2. The first-order valence-electron chi connectivity index (χ1n) is 10.0. The fourth-order valence-corrected chi connectivity index (χ4v) is 3.55. The number of rotatable bonds is 10. The molecule has 0 radical (unpaired) electrons. The van der Waals surface area contributed by atoms with Gasteiger partial charge in [0.15, 0.2) is 5.78 Å². The van der Waals surface area contributed by atoms with Gasteiger partial charge in [0, 0.05) is 34.5 Å². The molecule has 1 N–H and O–H groups in total. The lowest BCUT2D eigenvalue weighted by Crippen LogP contribution is -2.16. The van der Waals surface area contributed by atoms with Crippen molar-refractivity contribution >= 4 is 35.0 Å². The number of hydrogen-bond acceptors (Lipinski definition) is 4. The number of nitrogens with one attached hydrogen (secondary N) is 1. The predicted octanol–water partition coefficient (Wildman–Crippen LogP) is 6.20. The third kappa shape index (κ3) is 6.16. The highest BCUT2D eigenvalue weighted by Crippen LogP contribution is 2.27. The molecule has 2 rings (SSSR count). The summed E-state index contributed by atoms with van der Waals surface area (Å²) in [6, 6.07) is 7.36. The van der Waals surface area contributed by atoms with E-state index in [0.29, 0.717) is 22.5 Å². The van der Waals surface area contributed by atoms with E-state index in [2.05, 4.69) is 29.1 Å². The van der Waals surface area contributed by atoms with Crippen molar-refractivity contribution in [2.24, 2.45) is 5.92 Å². The van der Waals surface area contributed by atoms with Crippen molar-refractivity contribution in [1.29, 1.82) is 0 Å². The molecule has 1 heterocycles. The van der Waals surface area contributed by atoms with Gasteiger partial charge in [0.2, 0.25) is 5.95 Å². The van der Waals surface area contributed by atoms with Crippen molar-refractivity contribution in [2.75, 3.05) is 11.9 Å². The van der Waals surface area contributed by atoms with E-state index in [0.717, 1.165) is 23.4 Å². The summed E-state index contributed by atoms with van der Waals surface area (Å²) in [6.07, 6.45) is 8.37. The standard InChI is InChI=1S/C23H30ClN3O/c1-5-9-18(10-6-2)14-25-23-26-15-19(16(3)27-23)13-21(17(4)28)20-11-7-8-12-22(20)24/h7-8,11-13,15,18H,5-6,9-10,14H2,1-4H3,(H,25,26,27)/b21-13+. The Morgan fingerprint density at radius 3 is 2.46 bits per heavy atom. The zero-order valence-corrected chi connectivity index (χ0v) is 18.0. The summed E-state index contributed by atoms with van der Waals surface area (Å²) >= 11 is 6.28. The maximum atomic E-state index is 12.2. The summed E-state index contributed by atoms with van der Waals surface area (Å²) in [4.78, 5) is 21.2. The van der Waals surface area contributed by atoms with Crippen molar-refractivity contribution in [2.45, 2.75) is 53.4 Å². The number of ketones is 1. The second-order valence-electron chi connectivity index (χ2n) is 7.15. The average Bonchev–Trinajstić information content (AvgIpc) is 2.66. The Bertz CT molecular complexity index is 826. The van der Waals surface area contributed by atoms with Crippen molar-refractivity contribution in [3.05, 3.63) is 52.3 Å². The summed E-state index contributed by atoms with van der Waals surface area (Å²) in [5, 5.41) is 3.92. The van der Waals surface area contributed by atoms with Crippen molar-refractivity contribution in [1.82, 2.24) is 9.97 Å². The van der Waals surface area contributed by atoms with E-state index in [4.69, 9.17) is 11.6 Å². The van der Waals surface area contributed by atoms with Gasteiger partial charge in [-0.05, 0) is 44.7 Å². The first kappa shape index (κ1) is 22.1. The lowest BCUT2D eigenvalue weighted by Gasteiger charge is -2.16. The maximum Gasteiger partial charge on any atom is 0.222 e. The quantitative estimate of drug-likeness (QED) is 0.483. The van der Waals surface area contributed by atoms with Crippen LogP contribution >= 0.6 is 11.6 Å². The van der Waals surface area contributed by atoms with E-state index < -0.39 is 0 Å². The van der Waals surface area contributed by atoms with Crippen LogP contribution in [0.2, 0.25) is 5.02 Å². The number of benzene rings is 1. The Balaban J connectivity index is 2.22. The number of anilines is 1. The van der Waals surface area contributed by atoms with E-state index in [-0.39, 0.29) is 5.78 Å². The summed E-state index contributed by atoms with van der Waals surface area (Å²) in [6.45, 7) is 8.79. The largest absolute Gasteiger partial charge is 0.354 e. The number of carbonyl (C=O) groups excluding carboxylic acids is 1. The van der Waals surface area contributed by atoms with Crippen molar-refractivity contribution in [3.8, 4) is 0 Å². The fraction of sp³-hybridized carbons (Fsp3) is 0.435. The minimum atomic E-state index is -0.0447. The fourth-order valence-electron chi connectivity index (χ4n) is 3.31. The number of carbonyl (C=O) groups is 1. The second kappa shape index (κ2) is 11.0. The van der Waals surface area contributed by atoms with Crippen LogP contribution in [0.3, 0.4) is 0 Å². The van der Waals surface area contributed by atoms with E-state index in [9.17, 15) is 4.79 Å². The van der Waals surface area contributed by atoms with Gasteiger partial charge in [-0.25, -0.2) is 9.97 Å². The van der Waals surface area contributed by atoms with Gasteiger partial charge in [-0.1, -0.05) is 56.5 Å². The number of aryl methyl sites for hydroxylation is 1. The molecule has 5 heteroatoms. The number of nitrogens with zero attached hydrogens (tertiary/aromatic N) is 2. The molecule has 1 aromatic heterocycles. The molecule has 1 aromatic carbocycles. The minimum absolute atomic E-state index is 0.0447. The molecule has 0 saturated carbocycles. The van der Waals surface area contributed by atoms with Crippen LogP contribution in [-0.4, -0.2) is 22.3 Å². The predicted molar refractivity (Wildman–Crippen MR) is 119 cm³/mol. The molecule has 0 unspecified atom stereocenters. The molecule has 4 nitrogen and oxygen atoms in total. The molecule has 0 bridgehead atoms. The van der Waals surface area contributed by atoms with Crippen LogP contribution in [0.4, 0.5) is 5.95 Å². The van der Waals surface area contributed by atoms with Gasteiger partial charge in [-0.3, -0.25) is 4.79 Å². The number of Topliss-reactive ketones (excluding diaryl/α,β-unsaturated/α-hetero) is 1. The smallest absolute Gasteiger partial charge is 0.222 e. The third-order valence-corrected chi connectivity index (χ3v) is 5.13. The van der Waals surface area contributed by atoms with E-state index >= 15 is 0 Å². The highest BCUT2D eigenvalue weighted by Gasteiger charge is 2.13. The lowest BCUT2D eigenvalue weighted by molar-refractivity contribution is -0.111. The Labute approximate surface area is 173 Å². The monoisotopic (exact) mass is 399 g/mol. The SMILES string of the molecule is CCCC(CCC)CNc1ncc(/C=C(\C(C)=O)c2ccccc2Cl)c(C)n1. The Hall–Kier alpha value is -2.20. The van der Waals surface area contributed by atoms with E-state index in [1.54, 1.807) is 19.2 Å². The first-order chi connectivity index (χ1) is 13.5. The number of aromatic nitrogens is 2. The summed E-state index contributed by atoms with van der Waals surface area (Å²) in [5.74, 6) is 1.23. The first-order valence-corrected chi connectivity index (χ1v) is 10.4. The van der Waals surface area contributed by atoms with Gasteiger partial charge in [0.25, 0.3) is 0 Å². The molecule has 0 aliphatic rings. The number of halogens is 1. The third-order valence-electron chi connectivity index (χ3n) is 4.80. The Morgan fingerprint density at radius 1 is 1.21 bits per heavy atom. The van der Waals surface area contributed by atoms with Gasteiger partial charge >= 0.3 is 0 Å². The van der Waals surface area contributed by atoms with Crippen LogP contribution in [0.25, 0.3) is 11.6 Å². The van der Waals surface area contributed by atoms with Crippen molar-refractivity contribution < 1.29 is 4.79 Å². The summed E-state index contributed by atoms with van der Waals surface area (Å²) < 4.78 is 0. The van der Waals surface area contributed by atoms with Gasteiger partial charge in [-0.15, -0.1) is 0 Å². The molecule has 0 aliphatic heterocycles. The molecule has 28 heavy (non-hydrogen) atoms. The minimum Gasteiger partial charge on any atom is -0.354 e. The van der Waals surface area contributed by atoms with Crippen molar-refractivity contribution in [3.63, 3.8) is 0 Å². The lowest BCUT2D eigenvalue weighted by atomic mass is 9.98. The van der Waals surface area contributed by atoms with Gasteiger partial charge in [-0.2, -0.15) is 0 Å². The Kier molecular flexibility index (Phi) is 8.65. The highest BCUT2D eigenvalue weighted by atomic mass is 35.5. The molecular formula is C23H30ClN3O. The highest BCUT2D eigenvalue weighted by molar-refractivity contribution is 6.36. The van der Waals surface area contributed by atoms with Crippen LogP contribution in [0.15, 0.2) is 30.5 Å².